The molecule has 3 rings (SSSR count). The van der Waals surface area contributed by atoms with E-state index >= 15 is 0 Å². The lowest BCUT2D eigenvalue weighted by molar-refractivity contribution is -0.192. The maximum Gasteiger partial charge on any atom is 0.490 e. The first kappa shape index (κ1) is 22.9. The molecule has 10 heteroatoms. The third-order valence-electron chi connectivity index (χ3n) is 5.14. The van der Waals surface area contributed by atoms with Crippen LogP contribution in [-0.2, 0) is 19.2 Å². The molecule has 3 aliphatic heterocycles. The van der Waals surface area contributed by atoms with Crippen LogP contribution in [0.4, 0.5) is 13.2 Å². The molecule has 162 valence electrons. The van der Waals surface area contributed by atoms with Crippen molar-refractivity contribution in [3.63, 3.8) is 0 Å². The fraction of sp³-hybridized carbons (Fsp3) is 0.889. The minimum absolute atomic E-state index is 0.0804. The molecule has 3 atom stereocenters. The second-order valence-electron chi connectivity index (χ2n) is 7.84. The first-order valence-corrected chi connectivity index (χ1v) is 9.68. The van der Waals surface area contributed by atoms with E-state index in [0.29, 0.717) is 18.4 Å². The molecule has 0 aromatic carbocycles. The van der Waals surface area contributed by atoms with Gasteiger partial charge in [0, 0.05) is 38.1 Å². The quantitative estimate of drug-likeness (QED) is 0.768. The largest absolute Gasteiger partial charge is 0.490 e. The number of hydrogen-bond acceptors (Lipinski definition) is 5. The minimum atomic E-state index is -5.08. The summed E-state index contributed by atoms with van der Waals surface area (Å²) in [6, 6.07) is 0. The minimum Gasteiger partial charge on any atom is -0.475 e. The molecule has 0 aromatic rings. The number of amides is 1. The van der Waals surface area contributed by atoms with E-state index in [1.54, 1.807) is 5.06 Å². The van der Waals surface area contributed by atoms with E-state index in [0.717, 1.165) is 52.0 Å². The van der Waals surface area contributed by atoms with Crippen molar-refractivity contribution < 1.29 is 37.4 Å². The average molecular weight is 410 g/mol. The highest BCUT2D eigenvalue weighted by Gasteiger charge is 2.43. The zero-order valence-electron chi connectivity index (χ0n) is 16.3. The van der Waals surface area contributed by atoms with Gasteiger partial charge in [0.25, 0.3) is 0 Å². The second kappa shape index (κ2) is 9.89. The molecule has 0 aliphatic carbocycles. The number of carbonyl (C=O) groups is 2. The summed E-state index contributed by atoms with van der Waals surface area (Å²) in [5.74, 6) is -1.48. The molecule has 3 fully saturated rings. The monoisotopic (exact) mass is 410 g/mol. The fourth-order valence-electron chi connectivity index (χ4n) is 3.98. The third-order valence-corrected chi connectivity index (χ3v) is 5.14. The zero-order valence-corrected chi connectivity index (χ0v) is 16.3. The molecule has 3 aliphatic rings. The number of carboxylic acids is 1. The Morgan fingerprint density at radius 3 is 2.39 bits per heavy atom. The van der Waals surface area contributed by atoms with Crippen molar-refractivity contribution in [1.82, 2.24) is 9.96 Å². The van der Waals surface area contributed by atoms with Crippen LogP contribution in [0.15, 0.2) is 0 Å². The molecule has 7 nitrogen and oxygen atoms in total. The Balaban J connectivity index is 0.000000345. The van der Waals surface area contributed by atoms with Crippen LogP contribution in [0.25, 0.3) is 0 Å². The number of hydrogen-bond donors (Lipinski definition) is 1. The molecular weight excluding hydrogens is 381 g/mol. The summed E-state index contributed by atoms with van der Waals surface area (Å²) in [7, 11) is 0. The van der Waals surface area contributed by atoms with Gasteiger partial charge < -0.3 is 14.7 Å². The van der Waals surface area contributed by atoms with Crippen LogP contribution in [0, 0.1) is 17.8 Å². The Hall–Kier alpha value is -1.39. The Labute approximate surface area is 162 Å². The highest BCUT2D eigenvalue weighted by molar-refractivity contribution is 5.78. The predicted octanol–water partition coefficient (Wildman–Crippen LogP) is 2.17. The topological polar surface area (TPSA) is 79.3 Å². The number of fused-ring (bicyclic) bond motifs is 1. The number of hydroxylamine groups is 2. The summed E-state index contributed by atoms with van der Waals surface area (Å²) >= 11 is 0. The molecule has 3 heterocycles. The van der Waals surface area contributed by atoms with Crippen LogP contribution in [-0.4, -0.2) is 78.6 Å². The van der Waals surface area contributed by atoms with Gasteiger partial charge in [-0.3, -0.25) is 9.63 Å². The maximum absolute atomic E-state index is 12.7. The second-order valence-corrected chi connectivity index (χ2v) is 7.84. The molecule has 0 unspecified atom stereocenters. The van der Waals surface area contributed by atoms with Crippen molar-refractivity contribution in [3.05, 3.63) is 0 Å². The lowest BCUT2D eigenvalue weighted by Crippen LogP contribution is -2.54. The Morgan fingerprint density at radius 1 is 1.18 bits per heavy atom. The van der Waals surface area contributed by atoms with Gasteiger partial charge in [-0.1, -0.05) is 13.8 Å². The third kappa shape index (κ3) is 6.31. The summed E-state index contributed by atoms with van der Waals surface area (Å²) in [5.41, 5.74) is 0. The van der Waals surface area contributed by atoms with E-state index in [1.807, 2.05) is 0 Å². The number of ether oxygens (including phenoxy) is 1. The van der Waals surface area contributed by atoms with Crippen molar-refractivity contribution in [2.45, 2.75) is 45.4 Å². The van der Waals surface area contributed by atoms with Gasteiger partial charge in [0.05, 0.1) is 19.3 Å². The first-order chi connectivity index (χ1) is 13.1. The number of halogens is 3. The van der Waals surface area contributed by atoms with Crippen molar-refractivity contribution in [1.29, 1.82) is 0 Å². The van der Waals surface area contributed by atoms with Crippen LogP contribution in [0.1, 0.15) is 33.1 Å². The highest BCUT2D eigenvalue weighted by Crippen LogP contribution is 2.35. The Kier molecular flexibility index (Phi) is 8.08. The van der Waals surface area contributed by atoms with Gasteiger partial charge in [0.2, 0.25) is 5.91 Å². The maximum atomic E-state index is 12.7. The van der Waals surface area contributed by atoms with Crippen LogP contribution >= 0.6 is 0 Å². The SMILES string of the molecule is CC(C)CN1CC[C@H]2OCC[C@@H](C(=O)N3CCCO3)[C@@H]2C1.O=C(O)C(F)(F)F. The van der Waals surface area contributed by atoms with Crippen LogP contribution in [0.5, 0.6) is 0 Å². The lowest BCUT2D eigenvalue weighted by atomic mass is 9.78. The van der Waals surface area contributed by atoms with Crippen molar-refractivity contribution in [3.8, 4) is 0 Å². The Bertz CT molecular complexity index is 538. The van der Waals surface area contributed by atoms with E-state index < -0.39 is 12.1 Å². The zero-order chi connectivity index (χ0) is 20.9. The van der Waals surface area contributed by atoms with E-state index in [-0.39, 0.29) is 17.9 Å². The van der Waals surface area contributed by atoms with Gasteiger partial charge in [-0.15, -0.1) is 0 Å². The summed E-state index contributed by atoms with van der Waals surface area (Å²) in [6.07, 6.45) is -1.96. The number of carboxylic acid groups (broad SMARTS) is 1. The number of likely N-dealkylation sites (tertiary alicyclic amines) is 1. The van der Waals surface area contributed by atoms with E-state index in [1.165, 1.54) is 0 Å². The summed E-state index contributed by atoms with van der Waals surface area (Å²) < 4.78 is 37.7. The van der Waals surface area contributed by atoms with Gasteiger partial charge >= 0.3 is 12.1 Å². The van der Waals surface area contributed by atoms with Gasteiger partial charge in [-0.05, 0) is 25.2 Å². The number of aliphatic carboxylic acids is 1. The number of alkyl halides is 3. The normalized spacial score (nSPS) is 28.5. The van der Waals surface area contributed by atoms with Crippen LogP contribution in [0.3, 0.4) is 0 Å². The summed E-state index contributed by atoms with van der Waals surface area (Å²) in [4.78, 5) is 29.6. The van der Waals surface area contributed by atoms with E-state index in [9.17, 15) is 18.0 Å². The Morgan fingerprint density at radius 2 is 1.86 bits per heavy atom. The fourth-order valence-corrected chi connectivity index (χ4v) is 3.98. The summed E-state index contributed by atoms with van der Waals surface area (Å²) in [5, 5.41) is 8.73. The average Bonchev–Trinajstić information content (AvgIpc) is 3.14. The predicted molar refractivity (Wildman–Crippen MR) is 93.2 cm³/mol. The number of nitrogens with zero attached hydrogens (tertiary/aromatic N) is 2. The van der Waals surface area contributed by atoms with Crippen LogP contribution < -0.4 is 0 Å². The number of piperidine rings is 1. The molecule has 3 saturated heterocycles. The number of carbonyl (C=O) groups excluding carboxylic acids is 1. The first-order valence-electron chi connectivity index (χ1n) is 9.68. The lowest BCUT2D eigenvalue weighted by Gasteiger charge is -2.45. The van der Waals surface area contributed by atoms with Crippen LogP contribution in [0.2, 0.25) is 0 Å². The van der Waals surface area contributed by atoms with Gasteiger partial charge in [-0.2, -0.15) is 13.2 Å². The highest BCUT2D eigenvalue weighted by atomic mass is 19.4. The van der Waals surface area contributed by atoms with E-state index in [2.05, 4.69) is 18.7 Å². The molecule has 0 radical (unpaired) electrons. The van der Waals surface area contributed by atoms with Crippen molar-refractivity contribution in [2.24, 2.45) is 17.8 Å². The smallest absolute Gasteiger partial charge is 0.475 e. The molecule has 1 amide bonds. The van der Waals surface area contributed by atoms with Gasteiger partial charge in [-0.25, -0.2) is 9.86 Å². The number of rotatable bonds is 3. The molecule has 28 heavy (non-hydrogen) atoms. The molecule has 0 spiro atoms. The van der Waals surface area contributed by atoms with E-state index in [4.69, 9.17) is 19.5 Å². The van der Waals surface area contributed by atoms with Crippen molar-refractivity contribution in [2.75, 3.05) is 39.4 Å². The molecule has 0 aromatic heterocycles. The van der Waals surface area contributed by atoms with Gasteiger partial charge in [0.1, 0.15) is 0 Å². The molecule has 1 N–H and O–H groups in total. The van der Waals surface area contributed by atoms with Gasteiger partial charge in [0.15, 0.2) is 0 Å². The summed E-state index contributed by atoms with van der Waals surface area (Å²) in [6.45, 7) is 9.87. The molecule has 0 saturated carbocycles. The van der Waals surface area contributed by atoms with Crippen molar-refractivity contribution >= 4 is 11.9 Å². The molecular formula is C18H29F3N2O5. The molecule has 0 bridgehead atoms. The standard InChI is InChI=1S/C16H28N2O3.C2HF3O2/c1-12(2)10-17-7-4-15-14(11-17)13(5-9-20-15)16(19)18-6-3-8-21-18;3-2(4,5)1(6)7/h12-15H,3-11H2,1-2H3;(H,6,7)/t13-,14+,15-;/m1./s1.